The van der Waals surface area contributed by atoms with Gasteiger partial charge in [0.15, 0.2) is 11.5 Å². The van der Waals surface area contributed by atoms with Crippen molar-refractivity contribution in [2.75, 3.05) is 0 Å². The largest absolute Gasteiger partial charge is 0.477 e. The van der Waals surface area contributed by atoms with Crippen molar-refractivity contribution in [2.45, 2.75) is 20.8 Å². The molecule has 2 rings (SSSR count). The molecule has 5 nitrogen and oxygen atoms in total. The summed E-state index contributed by atoms with van der Waals surface area (Å²) >= 11 is 4.26. The Morgan fingerprint density at radius 3 is 1.68 bits per heavy atom. The Labute approximate surface area is 155 Å². The van der Waals surface area contributed by atoms with Crippen LogP contribution in [0.1, 0.15) is 39.0 Å². The van der Waals surface area contributed by atoms with Crippen LogP contribution in [0.3, 0.4) is 0 Å². The number of ketones is 1. The van der Waals surface area contributed by atoms with E-state index in [1.165, 1.54) is 13.1 Å². The van der Waals surface area contributed by atoms with Gasteiger partial charge in [-0.3, -0.25) is 9.78 Å². The second-order valence-electron chi connectivity index (χ2n) is 4.50. The normalized spacial score (nSPS) is 9.68. The summed E-state index contributed by atoms with van der Waals surface area (Å²) in [5, 5.41) is 8.59. The van der Waals surface area contributed by atoms with Crippen LogP contribution in [0.4, 0.5) is 0 Å². The van der Waals surface area contributed by atoms with Crippen LogP contribution in [0.25, 0.3) is 0 Å². The third-order valence-corrected chi connectivity index (χ3v) is 3.81. The van der Waals surface area contributed by atoms with E-state index >= 15 is 0 Å². The van der Waals surface area contributed by atoms with Crippen molar-refractivity contribution >= 4 is 56.9 Å². The van der Waals surface area contributed by atoms with Gasteiger partial charge in [0.25, 0.3) is 0 Å². The van der Waals surface area contributed by atoms with Crippen molar-refractivity contribution in [3.8, 4) is 0 Å². The molecule has 0 bridgehead atoms. The van der Waals surface area contributed by atoms with Crippen molar-refractivity contribution in [1.82, 2.24) is 9.97 Å². The van der Waals surface area contributed by atoms with Gasteiger partial charge in [-0.15, -0.1) is 0 Å². The van der Waals surface area contributed by atoms with E-state index in [1.807, 2.05) is 13.0 Å². The van der Waals surface area contributed by atoms with Crippen LogP contribution in [-0.2, 0) is 0 Å². The smallest absolute Gasteiger partial charge is 0.354 e. The topological polar surface area (TPSA) is 80.2 Å². The first kappa shape index (κ1) is 18.9. The molecule has 116 valence electrons. The molecule has 0 atom stereocenters. The van der Waals surface area contributed by atoms with Gasteiger partial charge in [-0.05, 0) is 82.3 Å². The van der Waals surface area contributed by atoms with Crippen LogP contribution in [0.15, 0.2) is 24.5 Å². The predicted octanol–water partition coefficient (Wildman–Crippen LogP) is 3.89. The zero-order chi connectivity index (χ0) is 16.9. The van der Waals surface area contributed by atoms with Gasteiger partial charge in [0, 0.05) is 26.5 Å². The van der Waals surface area contributed by atoms with Gasteiger partial charge >= 0.3 is 5.97 Å². The number of carbonyl (C=O) groups excluding carboxylic acids is 1. The molecule has 0 saturated carbocycles. The molecule has 0 fully saturated rings. The lowest BCUT2D eigenvalue weighted by Gasteiger charge is -1.99. The third-order valence-electron chi connectivity index (χ3n) is 2.63. The van der Waals surface area contributed by atoms with Crippen LogP contribution >= 0.6 is 45.2 Å². The van der Waals surface area contributed by atoms with E-state index in [1.54, 1.807) is 19.2 Å². The summed E-state index contributed by atoms with van der Waals surface area (Å²) in [4.78, 5) is 29.2. The predicted molar refractivity (Wildman–Crippen MR) is 100 cm³/mol. The first-order chi connectivity index (χ1) is 10.2. The number of halogens is 2. The van der Waals surface area contributed by atoms with Crippen LogP contribution < -0.4 is 0 Å². The molecule has 1 N–H and O–H groups in total. The average Bonchev–Trinajstić information content (AvgIpc) is 2.38. The maximum absolute atomic E-state index is 10.9. The lowest BCUT2D eigenvalue weighted by molar-refractivity contribution is 0.0689. The number of carboxylic acid groups (broad SMARTS) is 1. The summed E-state index contributed by atoms with van der Waals surface area (Å²) in [7, 11) is 0. The standard InChI is InChI=1S/C8H8INO.C7H6INO2/c1-5-3-7(9)4-10-8(5)6(2)11;1-4-2-5(8)3-9-6(4)7(10)11/h3-4H,1-2H3;2-3H,1H3,(H,10,11). The van der Waals surface area contributed by atoms with E-state index < -0.39 is 5.97 Å². The van der Waals surface area contributed by atoms with Gasteiger partial charge in [-0.1, -0.05) is 0 Å². The van der Waals surface area contributed by atoms with Gasteiger partial charge in [-0.2, -0.15) is 0 Å². The van der Waals surface area contributed by atoms with Crippen molar-refractivity contribution < 1.29 is 14.7 Å². The zero-order valence-electron chi connectivity index (χ0n) is 12.2. The number of rotatable bonds is 2. The summed E-state index contributed by atoms with van der Waals surface area (Å²) in [6, 6.07) is 3.74. The minimum Gasteiger partial charge on any atom is -0.477 e. The minimum atomic E-state index is -0.973. The van der Waals surface area contributed by atoms with Crippen molar-refractivity contribution in [3.05, 3.63) is 54.2 Å². The highest BCUT2D eigenvalue weighted by Crippen LogP contribution is 2.10. The molecule has 7 heteroatoms. The summed E-state index contributed by atoms with van der Waals surface area (Å²) < 4.78 is 2.01. The van der Waals surface area contributed by atoms with Crippen LogP contribution in [-0.4, -0.2) is 26.8 Å². The number of hydrogen-bond donors (Lipinski definition) is 1. The minimum absolute atomic E-state index is 0.0268. The highest BCUT2D eigenvalue weighted by molar-refractivity contribution is 14.1. The number of carbonyl (C=O) groups is 2. The lowest BCUT2D eigenvalue weighted by Crippen LogP contribution is -2.02. The molecule has 0 aliphatic carbocycles. The Morgan fingerprint density at radius 2 is 1.36 bits per heavy atom. The molecule has 2 aromatic rings. The molecule has 22 heavy (non-hydrogen) atoms. The molecule has 2 aromatic heterocycles. The van der Waals surface area contributed by atoms with Gasteiger partial charge in [0.2, 0.25) is 0 Å². The van der Waals surface area contributed by atoms with Gasteiger partial charge in [-0.25, -0.2) is 9.78 Å². The number of pyridine rings is 2. The molecule has 0 unspecified atom stereocenters. The lowest BCUT2D eigenvalue weighted by atomic mass is 10.2. The van der Waals surface area contributed by atoms with Gasteiger partial charge < -0.3 is 5.11 Å². The first-order valence-electron chi connectivity index (χ1n) is 6.21. The highest BCUT2D eigenvalue weighted by Gasteiger charge is 2.07. The fourth-order valence-electron chi connectivity index (χ4n) is 1.67. The molecule has 0 radical (unpaired) electrons. The Balaban J connectivity index is 0.000000220. The van der Waals surface area contributed by atoms with Crippen LogP contribution in [0.2, 0.25) is 0 Å². The monoisotopic (exact) mass is 524 g/mol. The van der Waals surface area contributed by atoms with Crippen LogP contribution in [0.5, 0.6) is 0 Å². The van der Waals surface area contributed by atoms with Crippen molar-refractivity contribution in [3.63, 3.8) is 0 Å². The van der Waals surface area contributed by atoms with Gasteiger partial charge in [0.1, 0.15) is 5.69 Å². The van der Waals surface area contributed by atoms with E-state index in [-0.39, 0.29) is 11.5 Å². The fraction of sp³-hybridized carbons (Fsp3) is 0.200. The molecule has 0 aromatic carbocycles. The van der Waals surface area contributed by atoms with E-state index in [0.717, 1.165) is 12.7 Å². The molecule has 0 saturated heterocycles. The Kier molecular flexibility index (Phi) is 7.33. The number of carboxylic acids is 1. The molecule has 2 heterocycles. The first-order valence-corrected chi connectivity index (χ1v) is 8.36. The summed E-state index contributed by atoms with van der Waals surface area (Å²) in [6.07, 6.45) is 3.24. The second-order valence-corrected chi connectivity index (χ2v) is 6.99. The molecular formula is C15H14I2N2O3. The van der Waals surface area contributed by atoms with Crippen LogP contribution in [0, 0.1) is 21.0 Å². The maximum atomic E-state index is 10.9. The quantitative estimate of drug-likeness (QED) is 0.477. The number of aryl methyl sites for hydroxylation is 2. The number of Topliss-reactive ketones (excluding diaryl/α,β-unsaturated/α-hetero) is 1. The molecular weight excluding hydrogens is 510 g/mol. The van der Waals surface area contributed by atoms with E-state index in [0.29, 0.717) is 11.3 Å². The Morgan fingerprint density at radius 1 is 0.955 bits per heavy atom. The Bertz CT molecular complexity index is 656. The van der Waals surface area contributed by atoms with Gasteiger partial charge in [0.05, 0.1) is 0 Å². The van der Waals surface area contributed by atoms with Crippen molar-refractivity contribution in [2.24, 2.45) is 0 Å². The Hall–Kier alpha value is -1.10. The number of aromatic carboxylic acids is 1. The number of nitrogens with zero attached hydrogens (tertiary/aromatic N) is 2. The summed E-state index contributed by atoms with van der Waals surface area (Å²) in [6.45, 7) is 5.16. The fourth-order valence-corrected chi connectivity index (χ4v) is 2.89. The summed E-state index contributed by atoms with van der Waals surface area (Å²) in [5.74, 6) is -0.946. The number of hydrogen-bond acceptors (Lipinski definition) is 4. The maximum Gasteiger partial charge on any atom is 0.354 e. The average molecular weight is 524 g/mol. The third kappa shape index (κ3) is 5.59. The van der Waals surface area contributed by atoms with E-state index in [2.05, 4.69) is 55.1 Å². The zero-order valence-corrected chi connectivity index (χ0v) is 16.5. The molecule has 0 spiro atoms. The second kappa shape index (κ2) is 8.51. The number of aromatic nitrogens is 2. The highest BCUT2D eigenvalue weighted by atomic mass is 127. The van der Waals surface area contributed by atoms with E-state index in [4.69, 9.17) is 5.11 Å². The molecule has 0 aliphatic heterocycles. The van der Waals surface area contributed by atoms with Crippen molar-refractivity contribution in [1.29, 1.82) is 0 Å². The molecule has 0 aliphatic rings. The SMILES string of the molecule is CC(=O)c1ncc(I)cc1C.Cc1cc(I)cnc1C(=O)O. The summed E-state index contributed by atoms with van der Waals surface area (Å²) in [5.41, 5.74) is 2.35. The van der Waals surface area contributed by atoms with E-state index in [9.17, 15) is 9.59 Å². The molecule has 0 amide bonds.